The molecular formula is C30H37N3O5. The van der Waals surface area contributed by atoms with Crippen molar-refractivity contribution in [2.45, 2.75) is 45.6 Å². The van der Waals surface area contributed by atoms with Gasteiger partial charge in [0.2, 0.25) is 5.91 Å². The van der Waals surface area contributed by atoms with Crippen molar-refractivity contribution in [3.05, 3.63) is 64.8 Å². The molecule has 4 rings (SSSR count). The van der Waals surface area contributed by atoms with Gasteiger partial charge in [0.25, 0.3) is 5.91 Å². The number of aromatic nitrogens is 1. The summed E-state index contributed by atoms with van der Waals surface area (Å²) in [5.41, 5.74) is 3.45. The molecule has 1 heterocycles. The lowest BCUT2D eigenvalue weighted by molar-refractivity contribution is -0.132. The molecule has 0 radical (unpaired) electrons. The summed E-state index contributed by atoms with van der Waals surface area (Å²) in [5, 5.41) is 13.4. The number of aromatic carboxylic acids is 1. The lowest BCUT2D eigenvalue weighted by Gasteiger charge is -2.16. The smallest absolute Gasteiger partial charge is 0.335 e. The Hall–Kier alpha value is -3.81. The number of rotatable bonds is 10. The van der Waals surface area contributed by atoms with Gasteiger partial charge in [-0.3, -0.25) is 9.59 Å². The fourth-order valence-corrected chi connectivity index (χ4v) is 5.41. The van der Waals surface area contributed by atoms with E-state index in [9.17, 15) is 19.5 Å². The summed E-state index contributed by atoms with van der Waals surface area (Å²) in [7, 11) is 5.03. The molecule has 1 fully saturated rings. The Morgan fingerprint density at radius 1 is 1.08 bits per heavy atom. The molecule has 38 heavy (non-hydrogen) atoms. The van der Waals surface area contributed by atoms with Crippen LogP contribution in [0.2, 0.25) is 0 Å². The van der Waals surface area contributed by atoms with Crippen LogP contribution in [-0.2, 0) is 17.8 Å². The minimum atomic E-state index is -1.02. The molecule has 8 heteroatoms. The van der Waals surface area contributed by atoms with Crippen LogP contribution in [0.25, 0.3) is 10.9 Å². The molecule has 1 saturated carbocycles. The third-order valence-electron chi connectivity index (χ3n) is 7.52. The van der Waals surface area contributed by atoms with E-state index in [2.05, 4.69) is 5.32 Å². The molecule has 0 bridgehead atoms. The van der Waals surface area contributed by atoms with Gasteiger partial charge in [-0.2, -0.15) is 0 Å². The second-order valence-corrected chi connectivity index (χ2v) is 10.5. The Morgan fingerprint density at radius 3 is 2.45 bits per heavy atom. The highest BCUT2D eigenvalue weighted by molar-refractivity contribution is 5.99. The van der Waals surface area contributed by atoms with Crippen molar-refractivity contribution in [2.24, 2.45) is 11.8 Å². The van der Waals surface area contributed by atoms with Crippen molar-refractivity contribution in [2.75, 3.05) is 27.7 Å². The van der Waals surface area contributed by atoms with E-state index in [-0.39, 0.29) is 23.3 Å². The van der Waals surface area contributed by atoms with E-state index >= 15 is 0 Å². The maximum Gasteiger partial charge on any atom is 0.335 e. The van der Waals surface area contributed by atoms with Gasteiger partial charge in [-0.1, -0.05) is 31.9 Å². The highest BCUT2D eigenvalue weighted by atomic mass is 16.5. The van der Waals surface area contributed by atoms with E-state index in [1.807, 2.05) is 35.9 Å². The number of methoxy groups -OCH3 is 1. The summed E-state index contributed by atoms with van der Waals surface area (Å²) in [6, 6.07) is 10.5. The predicted molar refractivity (Wildman–Crippen MR) is 147 cm³/mol. The molecule has 2 N–H and O–H groups in total. The summed E-state index contributed by atoms with van der Waals surface area (Å²) in [6.07, 6.45) is 7.37. The monoisotopic (exact) mass is 519 g/mol. The number of carboxylic acid groups (broad SMARTS) is 1. The Labute approximate surface area is 223 Å². The number of nitrogens with one attached hydrogen (secondary N) is 1. The van der Waals surface area contributed by atoms with Gasteiger partial charge in [0.05, 0.1) is 19.2 Å². The van der Waals surface area contributed by atoms with Crippen LogP contribution in [0.3, 0.4) is 0 Å². The van der Waals surface area contributed by atoms with Crippen molar-refractivity contribution < 1.29 is 24.2 Å². The average molecular weight is 520 g/mol. The maximum absolute atomic E-state index is 13.0. The van der Waals surface area contributed by atoms with Crippen LogP contribution in [0.4, 0.5) is 0 Å². The molecule has 1 aliphatic carbocycles. The van der Waals surface area contributed by atoms with Crippen molar-refractivity contribution in [3.8, 4) is 5.75 Å². The number of benzene rings is 2. The molecule has 202 valence electrons. The largest absolute Gasteiger partial charge is 0.496 e. The Balaban J connectivity index is 1.69. The Kier molecular flexibility index (Phi) is 8.39. The molecule has 1 unspecified atom stereocenters. The fraction of sp³-hybridized carbons (Fsp3) is 0.433. The Bertz CT molecular complexity index is 1340. The lowest BCUT2D eigenvalue weighted by Crippen LogP contribution is -2.29. The first-order chi connectivity index (χ1) is 18.2. The van der Waals surface area contributed by atoms with Gasteiger partial charge in [-0.05, 0) is 55.0 Å². The van der Waals surface area contributed by atoms with E-state index in [4.69, 9.17) is 4.74 Å². The highest BCUT2D eigenvalue weighted by Crippen LogP contribution is 2.29. The van der Waals surface area contributed by atoms with Gasteiger partial charge in [0.1, 0.15) is 5.75 Å². The molecule has 3 aromatic rings. The minimum Gasteiger partial charge on any atom is -0.496 e. The number of hydrogen-bond acceptors (Lipinski definition) is 4. The molecule has 8 nitrogen and oxygen atoms in total. The fourth-order valence-electron chi connectivity index (χ4n) is 5.41. The van der Waals surface area contributed by atoms with Gasteiger partial charge >= 0.3 is 5.97 Å². The topological polar surface area (TPSA) is 101 Å². The first-order valence-electron chi connectivity index (χ1n) is 13.2. The number of amides is 2. The molecule has 1 aromatic heterocycles. The van der Waals surface area contributed by atoms with Gasteiger partial charge in [-0.25, -0.2) is 4.79 Å². The third kappa shape index (κ3) is 6.01. The van der Waals surface area contributed by atoms with E-state index in [1.54, 1.807) is 31.1 Å². The molecule has 2 amide bonds. The van der Waals surface area contributed by atoms with Crippen LogP contribution in [-0.4, -0.2) is 60.1 Å². The number of carbonyl (C=O) groups excluding carboxylic acids is 2. The molecule has 0 spiro atoms. The Morgan fingerprint density at radius 2 is 1.79 bits per heavy atom. The van der Waals surface area contributed by atoms with Crippen molar-refractivity contribution in [1.82, 2.24) is 14.8 Å². The van der Waals surface area contributed by atoms with Crippen LogP contribution >= 0.6 is 0 Å². The van der Waals surface area contributed by atoms with Gasteiger partial charge in [-0.15, -0.1) is 0 Å². The van der Waals surface area contributed by atoms with Gasteiger partial charge in [0, 0.05) is 54.8 Å². The number of carboxylic acids is 1. The minimum absolute atomic E-state index is 0.0553. The SMILES string of the molecule is COc1cc(C(=O)O)ccc1Cn1cc(CC(C)C(=O)N(C)C)c2ccc(C(=O)NCC3CCCC3)cc21. The van der Waals surface area contributed by atoms with Crippen LogP contribution in [0.1, 0.15) is 64.4 Å². The maximum atomic E-state index is 13.0. The second-order valence-electron chi connectivity index (χ2n) is 10.5. The average Bonchev–Trinajstić information content (AvgIpc) is 3.54. The van der Waals surface area contributed by atoms with Crippen LogP contribution in [0, 0.1) is 11.8 Å². The van der Waals surface area contributed by atoms with E-state index < -0.39 is 5.97 Å². The summed E-state index contributed by atoms with van der Waals surface area (Å²) in [4.78, 5) is 38.6. The summed E-state index contributed by atoms with van der Waals surface area (Å²) in [5.74, 6) is -0.225. The molecule has 2 aromatic carbocycles. The zero-order valence-corrected chi connectivity index (χ0v) is 22.6. The van der Waals surface area contributed by atoms with Gasteiger partial charge in [0.15, 0.2) is 0 Å². The standard InChI is InChI=1S/C30H37N3O5/c1-19(29(35)32(2)3)13-24-18-33(17-23-10-9-22(30(36)37)15-27(23)38-4)26-14-21(11-12-25(24)26)28(34)31-16-20-7-5-6-8-20/h9-12,14-15,18-20H,5-8,13,16-17H2,1-4H3,(H,31,34)(H,36,37). The first-order valence-corrected chi connectivity index (χ1v) is 13.2. The van der Waals surface area contributed by atoms with Crippen LogP contribution in [0.5, 0.6) is 5.75 Å². The van der Waals surface area contributed by atoms with Crippen molar-refractivity contribution >= 4 is 28.7 Å². The van der Waals surface area contributed by atoms with Crippen molar-refractivity contribution in [3.63, 3.8) is 0 Å². The van der Waals surface area contributed by atoms with E-state index in [0.717, 1.165) is 34.9 Å². The third-order valence-corrected chi connectivity index (χ3v) is 7.52. The molecule has 1 atom stereocenters. The number of nitrogens with zero attached hydrogens (tertiary/aromatic N) is 2. The molecule has 0 saturated heterocycles. The van der Waals surface area contributed by atoms with Crippen LogP contribution in [0.15, 0.2) is 42.6 Å². The van der Waals surface area contributed by atoms with E-state index in [1.165, 1.54) is 26.0 Å². The number of fused-ring (bicyclic) bond motifs is 1. The highest BCUT2D eigenvalue weighted by Gasteiger charge is 2.21. The second kappa shape index (κ2) is 11.7. The summed E-state index contributed by atoms with van der Waals surface area (Å²) < 4.78 is 7.55. The number of hydrogen-bond donors (Lipinski definition) is 2. The molecular weight excluding hydrogens is 482 g/mol. The van der Waals surface area contributed by atoms with Gasteiger partial charge < -0.3 is 24.6 Å². The molecule has 0 aliphatic heterocycles. The summed E-state index contributed by atoms with van der Waals surface area (Å²) in [6.45, 7) is 3.03. The quantitative estimate of drug-likeness (QED) is 0.408. The predicted octanol–water partition coefficient (Wildman–Crippen LogP) is 4.58. The number of carbonyl (C=O) groups is 3. The van der Waals surface area contributed by atoms with Crippen molar-refractivity contribution in [1.29, 1.82) is 0 Å². The molecule has 1 aliphatic rings. The van der Waals surface area contributed by atoms with E-state index in [0.29, 0.717) is 36.7 Å². The zero-order chi connectivity index (χ0) is 27.4. The first kappa shape index (κ1) is 27.2. The zero-order valence-electron chi connectivity index (χ0n) is 22.6. The summed E-state index contributed by atoms with van der Waals surface area (Å²) >= 11 is 0. The van der Waals surface area contributed by atoms with Crippen LogP contribution < -0.4 is 10.1 Å². The number of ether oxygens (including phenoxy) is 1. The lowest BCUT2D eigenvalue weighted by atomic mass is 9.99. The normalized spacial score (nSPS) is 14.4.